The average Bonchev–Trinajstić information content (AvgIpc) is 3.12. The van der Waals surface area contributed by atoms with Gasteiger partial charge in [0.1, 0.15) is 5.75 Å². The summed E-state index contributed by atoms with van der Waals surface area (Å²) in [4.78, 5) is 14.7. The summed E-state index contributed by atoms with van der Waals surface area (Å²) >= 11 is 1.25. The van der Waals surface area contributed by atoms with Crippen LogP contribution in [0, 0.1) is 10.1 Å². The van der Waals surface area contributed by atoms with Crippen LogP contribution >= 0.6 is 11.3 Å². The topological polar surface area (TPSA) is 110 Å². The Hall–Kier alpha value is -2.91. The Balaban J connectivity index is 1.55. The highest BCUT2D eigenvalue weighted by Crippen LogP contribution is 2.32. The number of nitro benzene ring substituents is 1. The van der Waals surface area contributed by atoms with E-state index in [0.717, 1.165) is 31.4 Å². The van der Waals surface area contributed by atoms with E-state index in [1.807, 2.05) is 24.3 Å². The lowest BCUT2D eigenvalue weighted by molar-refractivity contribution is -0.384. The molecule has 3 rings (SSSR count). The molecule has 0 aliphatic rings. The molecule has 0 spiro atoms. The fourth-order valence-corrected chi connectivity index (χ4v) is 3.34. The zero-order chi connectivity index (χ0) is 19.8. The van der Waals surface area contributed by atoms with Crippen molar-refractivity contribution in [3.8, 4) is 5.75 Å². The molecule has 1 heterocycles. The molecule has 0 atom stereocenters. The third-order valence-electron chi connectivity index (χ3n) is 3.98. The van der Waals surface area contributed by atoms with Gasteiger partial charge in [-0.2, -0.15) is 0 Å². The number of unbranched alkanes of at least 4 members (excludes halogenated alkanes) is 3. The number of azo groups is 1. The number of fused-ring (bicyclic) bond motifs is 1. The molecular weight excluding hydrogens is 380 g/mol. The highest BCUT2D eigenvalue weighted by Gasteiger charge is 2.10. The number of ether oxygens (including phenoxy) is 1. The lowest BCUT2D eigenvalue weighted by Crippen LogP contribution is -1.97. The van der Waals surface area contributed by atoms with Crippen molar-refractivity contribution in [3.63, 3.8) is 0 Å². The largest absolute Gasteiger partial charge is 0.494 e. The number of aliphatic hydroxyl groups excluding tert-OH is 1. The summed E-state index contributed by atoms with van der Waals surface area (Å²) in [7, 11) is 0. The van der Waals surface area contributed by atoms with E-state index < -0.39 is 4.92 Å². The summed E-state index contributed by atoms with van der Waals surface area (Å²) in [5.74, 6) is 0.772. The zero-order valence-corrected chi connectivity index (χ0v) is 16.0. The van der Waals surface area contributed by atoms with E-state index in [1.165, 1.54) is 23.5 Å². The quantitative estimate of drug-likeness (QED) is 0.207. The van der Waals surface area contributed by atoms with Crippen LogP contribution in [0.4, 0.5) is 16.5 Å². The molecular formula is C19H20N4O4S. The monoisotopic (exact) mass is 400 g/mol. The minimum Gasteiger partial charge on any atom is -0.494 e. The maximum atomic E-state index is 10.8. The van der Waals surface area contributed by atoms with Gasteiger partial charge in [0, 0.05) is 18.7 Å². The first-order chi connectivity index (χ1) is 13.7. The molecule has 0 radical (unpaired) electrons. The van der Waals surface area contributed by atoms with Crippen molar-refractivity contribution in [1.29, 1.82) is 0 Å². The van der Waals surface area contributed by atoms with Crippen molar-refractivity contribution in [1.82, 2.24) is 4.98 Å². The Bertz CT molecular complexity index is 956. The molecule has 28 heavy (non-hydrogen) atoms. The summed E-state index contributed by atoms with van der Waals surface area (Å²) in [5, 5.41) is 28.3. The molecule has 2 aromatic carbocycles. The predicted molar refractivity (Wildman–Crippen MR) is 108 cm³/mol. The first-order valence-electron chi connectivity index (χ1n) is 8.96. The summed E-state index contributed by atoms with van der Waals surface area (Å²) < 4.78 is 6.37. The van der Waals surface area contributed by atoms with Crippen LogP contribution in [0.3, 0.4) is 0 Å². The Morgan fingerprint density at radius 2 is 1.86 bits per heavy atom. The van der Waals surface area contributed by atoms with E-state index in [4.69, 9.17) is 9.84 Å². The van der Waals surface area contributed by atoms with E-state index in [2.05, 4.69) is 15.2 Å². The minimum atomic E-state index is -0.431. The highest BCUT2D eigenvalue weighted by atomic mass is 32.1. The molecule has 1 aromatic heterocycles. The van der Waals surface area contributed by atoms with Gasteiger partial charge in [0.2, 0.25) is 5.13 Å². The molecule has 0 unspecified atom stereocenters. The SMILES string of the molecule is O=[N+]([O-])c1ccc2nc(N=Nc3ccc(OCCCCCCO)cc3)sc2c1. The van der Waals surface area contributed by atoms with Gasteiger partial charge in [-0.05, 0) is 49.6 Å². The van der Waals surface area contributed by atoms with Crippen molar-refractivity contribution in [2.75, 3.05) is 13.2 Å². The average molecular weight is 400 g/mol. The fourth-order valence-electron chi connectivity index (χ4n) is 2.52. The zero-order valence-electron chi connectivity index (χ0n) is 15.2. The summed E-state index contributed by atoms with van der Waals surface area (Å²) in [6.45, 7) is 0.887. The van der Waals surface area contributed by atoms with Crippen molar-refractivity contribution in [3.05, 3.63) is 52.6 Å². The maximum absolute atomic E-state index is 10.8. The van der Waals surface area contributed by atoms with Crippen LogP contribution in [-0.4, -0.2) is 28.2 Å². The lowest BCUT2D eigenvalue weighted by Gasteiger charge is -2.05. The van der Waals surface area contributed by atoms with Crippen molar-refractivity contribution in [2.45, 2.75) is 25.7 Å². The normalized spacial score (nSPS) is 11.3. The molecule has 0 saturated carbocycles. The molecule has 3 aromatic rings. The van der Waals surface area contributed by atoms with Gasteiger partial charge in [-0.25, -0.2) is 4.98 Å². The number of benzene rings is 2. The molecule has 8 nitrogen and oxygen atoms in total. The number of thiazole rings is 1. The maximum Gasteiger partial charge on any atom is 0.270 e. The lowest BCUT2D eigenvalue weighted by atomic mass is 10.2. The Kier molecular flexibility index (Phi) is 6.99. The molecule has 146 valence electrons. The number of rotatable bonds is 10. The van der Waals surface area contributed by atoms with Gasteiger partial charge in [-0.15, -0.1) is 10.2 Å². The number of nitro groups is 1. The van der Waals surface area contributed by atoms with Crippen LogP contribution in [0.5, 0.6) is 5.75 Å². The van der Waals surface area contributed by atoms with Gasteiger partial charge < -0.3 is 9.84 Å². The van der Waals surface area contributed by atoms with Gasteiger partial charge >= 0.3 is 0 Å². The molecule has 0 amide bonds. The van der Waals surface area contributed by atoms with E-state index in [0.29, 0.717) is 27.6 Å². The van der Waals surface area contributed by atoms with Crippen LogP contribution < -0.4 is 4.74 Å². The van der Waals surface area contributed by atoms with Crippen LogP contribution in [0.25, 0.3) is 10.2 Å². The summed E-state index contributed by atoms with van der Waals surface area (Å²) in [6, 6.07) is 11.8. The fraction of sp³-hybridized carbons (Fsp3) is 0.316. The molecule has 0 bridgehead atoms. The number of hydrogen-bond donors (Lipinski definition) is 1. The Labute approximate surface area is 165 Å². The minimum absolute atomic E-state index is 0.0311. The first-order valence-corrected chi connectivity index (χ1v) is 9.78. The highest BCUT2D eigenvalue weighted by molar-refractivity contribution is 7.21. The molecule has 0 aliphatic heterocycles. The molecule has 0 aliphatic carbocycles. The summed E-state index contributed by atoms with van der Waals surface area (Å²) in [5.41, 5.74) is 1.36. The first kappa shape index (κ1) is 19.8. The van der Waals surface area contributed by atoms with Crippen LogP contribution in [0.2, 0.25) is 0 Å². The van der Waals surface area contributed by atoms with E-state index in [-0.39, 0.29) is 12.3 Å². The van der Waals surface area contributed by atoms with Gasteiger partial charge in [0.05, 0.1) is 27.4 Å². The number of nitrogens with zero attached hydrogens (tertiary/aromatic N) is 4. The number of hydrogen-bond acceptors (Lipinski definition) is 8. The Morgan fingerprint density at radius 3 is 2.61 bits per heavy atom. The van der Waals surface area contributed by atoms with Gasteiger partial charge in [0.15, 0.2) is 0 Å². The van der Waals surface area contributed by atoms with Gasteiger partial charge in [0.25, 0.3) is 5.69 Å². The number of aromatic nitrogens is 1. The third kappa shape index (κ3) is 5.54. The second-order valence-electron chi connectivity index (χ2n) is 6.09. The van der Waals surface area contributed by atoms with Crippen LogP contribution in [0.1, 0.15) is 25.7 Å². The third-order valence-corrected chi connectivity index (χ3v) is 4.88. The van der Waals surface area contributed by atoms with Crippen LogP contribution in [0.15, 0.2) is 52.7 Å². The van der Waals surface area contributed by atoms with Crippen molar-refractivity contribution in [2.24, 2.45) is 10.2 Å². The van der Waals surface area contributed by atoms with Crippen LogP contribution in [-0.2, 0) is 0 Å². The van der Waals surface area contributed by atoms with E-state index in [9.17, 15) is 10.1 Å². The smallest absolute Gasteiger partial charge is 0.270 e. The molecule has 0 saturated heterocycles. The molecule has 0 fully saturated rings. The Morgan fingerprint density at radius 1 is 1.07 bits per heavy atom. The van der Waals surface area contributed by atoms with E-state index in [1.54, 1.807) is 6.07 Å². The number of aliphatic hydroxyl groups is 1. The second kappa shape index (κ2) is 9.86. The second-order valence-corrected chi connectivity index (χ2v) is 7.09. The molecule has 9 heteroatoms. The van der Waals surface area contributed by atoms with Gasteiger partial charge in [-0.3, -0.25) is 10.1 Å². The van der Waals surface area contributed by atoms with Gasteiger partial charge in [-0.1, -0.05) is 17.8 Å². The van der Waals surface area contributed by atoms with E-state index >= 15 is 0 Å². The predicted octanol–water partition coefficient (Wildman–Crippen LogP) is 5.55. The van der Waals surface area contributed by atoms with Crippen molar-refractivity contribution < 1.29 is 14.8 Å². The standard InChI is InChI=1S/C19H20N4O4S/c24-11-3-1-2-4-12-27-16-8-5-14(6-9-16)21-22-19-20-17-10-7-15(23(25)26)13-18(17)28-19/h5-10,13,24H,1-4,11-12H2. The summed E-state index contributed by atoms with van der Waals surface area (Å²) in [6.07, 6.45) is 3.85. The molecule has 1 N–H and O–H groups in total. The van der Waals surface area contributed by atoms with Crippen molar-refractivity contribution >= 4 is 38.1 Å². The number of non-ortho nitro benzene ring substituents is 1.